The maximum Gasteiger partial charge on any atom is 0.260 e. The van der Waals surface area contributed by atoms with Gasteiger partial charge in [-0.3, -0.25) is 9.59 Å². The van der Waals surface area contributed by atoms with Crippen molar-refractivity contribution in [3.8, 4) is 16.9 Å². The Morgan fingerprint density at radius 3 is 2.71 bits per heavy atom. The van der Waals surface area contributed by atoms with E-state index in [2.05, 4.69) is 15.3 Å². The summed E-state index contributed by atoms with van der Waals surface area (Å²) in [5, 5.41) is 14.1. The number of halogens is 1. The van der Waals surface area contributed by atoms with E-state index in [9.17, 15) is 14.7 Å². The smallest absolute Gasteiger partial charge is 0.260 e. The summed E-state index contributed by atoms with van der Waals surface area (Å²) < 4.78 is 0. The molecule has 0 atom stereocenters. The molecule has 158 valence electrons. The Morgan fingerprint density at radius 1 is 1.23 bits per heavy atom. The first-order valence-corrected chi connectivity index (χ1v) is 11.5. The summed E-state index contributed by atoms with van der Waals surface area (Å²) in [7, 11) is 0. The molecule has 4 aromatic rings. The van der Waals surface area contributed by atoms with Crippen molar-refractivity contribution in [2.24, 2.45) is 0 Å². The van der Waals surface area contributed by atoms with Gasteiger partial charge in [-0.05, 0) is 49.2 Å². The molecule has 0 aliphatic rings. The third kappa shape index (κ3) is 4.61. The van der Waals surface area contributed by atoms with Crippen molar-refractivity contribution >= 4 is 56.5 Å². The first-order chi connectivity index (χ1) is 14.8. The van der Waals surface area contributed by atoms with Gasteiger partial charge in [-0.15, -0.1) is 11.3 Å². The molecule has 0 saturated carbocycles. The van der Waals surface area contributed by atoms with Gasteiger partial charge in [0.25, 0.3) is 5.56 Å². The number of aryl methyl sites for hydroxylation is 2. The zero-order chi connectivity index (χ0) is 22.1. The number of aromatic hydroxyl groups is 1. The number of fused-ring (bicyclic) bond motifs is 1. The average Bonchev–Trinajstić information content (AvgIpc) is 3.06. The molecule has 0 aliphatic carbocycles. The Kier molecular flexibility index (Phi) is 6.04. The van der Waals surface area contributed by atoms with Gasteiger partial charge in [-0.25, -0.2) is 4.98 Å². The van der Waals surface area contributed by atoms with E-state index < -0.39 is 0 Å². The Morgan fingerprint density at radius 2 is 1.97 bits per heavy atom. The van der Waals surface area contributed by atoms with Crippen molar-refractivity contribution in [1.29, 1.82) is 0 Å². The van der Waals surface area contributed by atoms with E-state index in [0.29, 0.717) is 26.1 Å². The monoisotopic (exact) mass is 471 g/mol. The third-order valence-electron chi connectivity index (χ3n) is 4.62. The van der Waals surface area contributed by atoms with E-state index in [4.69, 9.17) is 11.6 Å². The second-order valence-electron chi connectivity index (χ2n) is 6.95. The van der Waals surface area contributed by atoms with Crippen molar-refractivity contribution in [1.82, 2.24) is 9.97 Å². The Labute approximate surface area is 191 Å². The molecule has 0 saturated heterocycles. The number of rotatable bonds is 5. The highest BCUT2D eigenvalue weighted by atomic mass is 35.5. The molecule has 6 nitrogen and oxygen atoms in total. The average molecular weight is 472 g/mol. The Balaban J connectivity index is 1.56. The quantitative estimate of drug-likeness (QED) is 0.207. The van der Waals surface area contributed by atoms with Crippen LogP contribution in [0.25, 0.3) is 21.3 Å². The van der Waals surface area contributed by atoms with Gasteiger partial charge in [0.05, 0.1) is 16.8 Å². The van der Waals surface area contributed by atoms with Crippen LogP contribution in [0.5, 0.6) is 5.75 Å². The van der Waals surface area contributed by atoms with Crippen LogP contribution in [0, 0.1) is 13.8 Å². The van der Waals surface area contributed by atoms with Crippen LogP contribution in [0.4, 0.5) is 5.69 Å². The van der Waals surface area contributed by atoms with Gasteiger partial charge in [0.1, 0.15) is 10.6 Å². The first kappa shape index (κ1) is 21.4. The molecule has 0 aliphatic heterocycles. The summed E-state index contributed by atoms with van der Waals surface area (Å²) >= 11 is 8.55. The number of aromatic nitrogens is 2. The number of hydrogen-bond donors (Lipinski definition) is 3. The largest absolute Gasteiger partial charge is 0.506 e. The van der Waals surface area contributed by atoms with Gasteiger partial charge < -0.3 is 15.4 Å². The van der Waals surface area contributed by atoms with Crippen LogP contribution in [0.2, 0.25) is 5.02 Å². The highest BCUT2D eigenvalue weighted by molar-refractivity contribution is 7.99. The number of H-pyrrole nitrogens is 1. The minimum Gasteiger partial charge on any atom is -0.506 e. The van der Waals surface area contributed by atoms with Crippen molar-refractivity contribution < 1.29 is 9.90 Å². The van der Waals surface area contributed by atoms with E-state index in [1.54, 1.807) is 24.3 Å². The second-order valence-corrected chi connectivity index (χ2v) is 9.55. The molecule has 0 radical (unpaired) electrons. The normalized spacial score (nSPS) is 11.1. The molecule has 31 heavy (non-hydrogen) atoms. The minimum atomic E-state index is -0.308. The summed E-state index contributed by atoms with van der Waals surface area (Å²) in [6.45, 7) is 3.82. The van der Waals surface area contributed by atoms with Crippen LogP contribution >= 0.6 is 34.7 Å². The number of carbonyl (C=O) groups is 1. The molecular weight excluding hydrogens is 454 g/mol. The fourth-order valence-electron chi connectivity index (χ4n) is 3.20. The highest BCUT2D eigenvalue weighted by Crippen LogP contribution is 2.36. The summed E-state index contributed by atoms with van der Waals surface area (Å²) in [5.74, 6) is -0.269. The Hall–Kier alpha value is -2.81. The molecule has 2 heterocycles. The molecule has 0 spiro atoms. The summed E-state index contributed by atoms with van der Waals surface area (Å²) in [6, 6.07) is 12.3. The molecular formula is C22H18ClN3O3S2. The number of amides is 1. The second kappa shape index (κ2) is 8.74. The topological polar surface area (TPSA) is 95.1 Å². The molecule has 0 bridgehead atoms. The summed E-state index contributed by atoms with van der Waals surface area (Å²) in [4.78, 5) is 34.0. The number of anilines is 1. The van der Waals surface area contributed by atoms with E-state index in [1.165, 1.54) is 17.4 Å². The molecule has 2 aromatic carbocycles. The van der Waals surface area contributed by atoms with Gasteiger partial charge in [-0.2, -0.15) is 0 Å². The predicted molar refractivity (Wildman–Crippen MR) is 128 cm³/mol. The summed E-state index contributed by atoms with van der Waals surface area (Å²) in [6.07, 6.45) is 0. The number of thioether (sulfide) groups is 1. The maximum absolute atomic E-state index is 12.8. The number of aromatic amines is 1. The van der Waals surface area contributed by atoms with Crippen LogP contribution < -0.4 is 10.9 Å². The lowest BCUT2D eigenvalue weighted by molar-refractivity contribution is -0.113. The van der Waals surface area contributed by atoms with Gasteiger partial charge in [-0.1, -0.05) is 41.6 Å². The third-order valence-corrected chi connectivity index (χ3v) is 6.74. The first-order valence-electron chi connectivity index (χ1n) is 9.33. The number of nitrogens with zero attached hydrogens (tertiary/aromatic N) is 1. The van der Waals surface area contributed by atoms with E-state index in [0.717, 1.165) is 33.3 Å². The lowest BCUT2D eigenvalue weighted by Gasteiger charge is -2.08. The lowest BCUT2D eigenvalue weighted by Crippen LogP contribution is -2.15. The number of hydrogen-bond acceptors (Lipinski definition) is 6. The van der Waals surface area contributed by atoms with Gasteiger partial charge >= 0.3 is 0 Å². The number of benzene rings is 2. The SMILES string of the molecule is Cc1ccc(O)c(NC(=O)CSc2nc3sc(C)c(-c4ccc(Cl)cc4)c3c(=O)[nH]2)c1. The number of carbonyl (C=O) groups excluding carboxylic acids is 1. The molecule has 0 unspecified atom stereocenters. The predicted octanol–water partition coefficient (Wildman–Crippen LogP) is 5.36. The molecule has 0 fully saturated rings. The van der Waals surface area contributed by atoms with Crippen molar-refractivity contribution in [3.05, 3.63) is 68.3 Å². The number of nitrogens with one attached hydrogen (secondary N) is 2. The molecule has 9 heteroatoms. The lowest BCUT2D eigenvalue weighted by atomic mass is 10.0. The Bertz CT molecular complexity index is 1350. The van der Waals surface area contributed by atoms with Crippen LogP contribution in [0.1, 0.15) is 10.4 Å². The molecule has 4 rings (SSSR count). The minimum absolute atomic E-state index is 0.000640. The summed E-state index contributed by atoms with van der Waals surface area (Å²) in [5.41, 5.74) is 2.76. The van der Waals surface area contributed by atoms with Crippen LogP contribution in [-0.2, 0) is 4.79 Å². The zero-order valence-electron chi connectivity index (χ0n) is 16.7. The number of phenols is 1. The molecule has 3 N–H and O–H groups in total. The molecule has 2 aromatic heterocycles. The zero-order valence-corrected chi connectivity index (χ0v) is 19.0. The maximum atomic E-state index is 12.8. The van der Waals surface area contributed by atoms with E-state index in [-0.39, 0.29) is 23.0 Å². The van der Waals surface area contributed by atoms with Crippen molar-refractivity contribution in [2.45, 2.75) is 19.0 Å². The van der Waals surface area contributed by atoms with Gasteiger partial charge in [0, 0.05) is 15.5 Å². The highest BCUT2D eigenvalue weighted by Gasteiger charge is 2.17. The van der Waals surface area contributed by atoms with Gasteiger partial charge in [0.2, 0.25) is 5.91 Å². The van der Waals surface area contributed by atoms with E-state index >= 15 is 0 Å². The molecule has 1 amide bonds. The fraction of sp³-hybridized carbons (Fsp3) is 0.136. The number of phenolic OH excluding ortho intramolecular Hbond substituents is 1. The number of thiophene rings is 1. The van der Waals surface area contributed by atoms with E-state index in [1.807, 2.05) is 26.0 Å². The van der Waals surface area contributed by atoms with Crippen LogP contribution in [0.15, 0.2) is 52.4 Å². The van der Waals surface area contributed by atoms with Crippen molar-refractivity contribution in [3.63, 3.8) is 0 Å². The van der Waals surface area contributed by atoms with Crippen LogP contribution in [-0.4, -0.2) is 26.7 Å². The van der Waals surface area contributed by atoms with Gasteiger partial charge in [0.15, 0.2) is 5.16 Å². The fourth-order valence-corrected chi connectivity index (χ4v) is 5.09. The van der Waals surface area contributed by atoms with Crippen molar-refractivity contribution in [2.75, 3.05) is 11.1 Å². The standard InChI is InChI=1S/C22H18ClN3O3S2/c1-11-3-8-16(27)15(9-11)24-17(28)10-30-22-25-20(29)19-18(12(2)31-21(19)26-22)13-4-6-14(23)7-5-13/h3-9,27H,10H2,1-2H3,(H,24,28)(H,25,26,29). The van der Waals surface area contributed by atoms with Crippen LogP contribution in [0.3, 0.4) is 0 Å².